The number of hydrogen-bond acceptors (Lipinski definition) is 3. The number of benzene rings is 4. The van der Waals surface area contributed by atoms with Gasteiger partial charge in [0, 0.05) is 6.54 Å². The van der Waals surface area contributed by atoms with Crippen LogP contribution >= 0.6 is 12.4 Å². The van der Waals surface area contributed by atoms with Crippen molar-refractivity contribution in [1.29, 1.82) is 0 Å². The van der Waals surface area contributed by atoms with Crippen LogP contribution in [0.15, 0.2) is 78.9 Å². The number of phenols is 1. The van der Waals surface area contributed by atoms with Crippen molar-refractivity contribution < 1.29 is 14.2 Å². The second-order valence-corrected chi connectivity index (χ2v) is 9.08. The van der Waals surface area contributed by atoms with Crippen LogP contribution in [-0.2, 0) is 6.42 Å². The summed E-state index contributed by atoms with van der Waals surface area (Å²) in [5.41, 5.74) is 4.12. The van der Waals surface area contributed by atoms with E-state index in [9.17, 15) is 9.50 Å². The zero-order valence-electron chi connectivity index (χ0n) is 19.8. The summed E-state index contributed by atoms with van der Waals surface area (Å²) in [6.45, 7) is 4.04. The Morgan fingerprint density at radius 2 is 1.66 bits per heavy atom. The van der Waals surface area contributed by atoms with E-state index in [1.165, 1.54) is 38.4 Å². The smallest absolute Gasteiger partial charge is 0.123 e. The highest BCUT2D eigenvalue weighted by molar-refractivity contribution is 5.93. The minimum Gasteiger partial charge on any atom is -0.508 e. The van der Waals surface area contributed by atoms with Crippen molar-refractivity contribution in [1.82, 2.24) is 4.90 Å². The molecule has 1 aliphatic rings. The third-order valence-electron chi connectivity index (χ3n) is 6.68. The largest absolute Gasteiger partial charge is 0.508 e. The molecule has 3 nitrogen and oxygen atoms in total. The van der Waals surface area contributed by atoms with E-state index >= 15 is 0 Å². The van der Waals surface area contributed by atoms with Crippen molar-refractivity contribution >= 4 is 23.2 Å². The fourth-order valence-corrected chi connectivity index (χ4v) is 4.88. The lowest BCUT2D eigenvalue weighted by atomic mass is 9.90. The second kappa shape index (κ2) is 11.6. The van der Waals surface area contributed by atoms with Crippen molar-refractivity contribution in [3.63, 3.8) is 0 Å². The van der Waals surface area contributed by atoms with Gasteiger partial charge in [0.15, 0.2) is 0 Å². The summed E-state index contributed by atoms with van der Waals surface area (Å²) in [6.07, 6.45) is 4.62. The molecule has 182 valence electrons. The van der Waals surface area contributed by atoms with Crippen LogP contribution in [0.4, 0.5) is 4.39 Å². The lowest BCUT2D eigenvalue weighted by Crippen LogP contribution is -2.33. The molecule has 4 aromatic rings. The highest BCUT2D eigenvalue weighted by Gasteiger charge is 2.13. The van der Waals surface area contributed by atoms with Gasteiger partial charge in [-0.1, -0.05) is 48.9 Å². The summed E-state index contributed by atoms with van der Waals surface area (Å²) in [6, 6.07) is 24.4. The molecule has 1 aliphatic heterocycles. The molecule has 0 radical (unpaired) electrons. The molecule has 5 rings (SSSR count). The van der Waals surface area contributed by atoms with Gasteiger partial charge < -0.3 is 9.84 Å². The molecule has 5 heteroatoms. The van der Waals surface area contributed by atoms with Crippen LogP contribution in [-0.4, -0.2) is 36.2 Å². The average Bonchev–Trinajstić information content (AvgIpc) is 2.86. The van der Waals surface area contributed by atoms with E-state index in [0.29, 0.717) is 13.0 Å². The van der Waals surface area contributed by atoms with Crippen molar-refractivity contribution in [2.75, 3.05) is 26.2 Å². The Kier molecular flexibility index (Phi) is 8.27. The number of ether oxygens (including phenoxy) is 1. The van der Waals surface area contributed by atoms with E-state index in [4.69, 9.17) is 4.74 Å². The third kappa shape index (κ3) is 6.14. The third-order valence-corrected chi connectivity index (χ3v) is 6.68. The first-order valence-electron chi connectivity index (χ1n) is 12.1. The molecule has 0 unspecified atom stereocenters. The van der Waals surface area contributed by atoms with Gasteiger partial charge in [-0.05, 0) is 102 Å². The predicted molar refractivity (Wildman–Crippen MR) is 143 cm³/mol. The second-order valence-electron chi connectivity index (χ2n) is 9.08. The molecule has 0 amide bonds. The molecular formula is C30H31ClFNO2. The maximum absolute atomic E-state index is 14.0. The minimum absolute atomic E-state index is 0. The normalized spacial score (nSPS) is 14.0. The van der Waals surface area contributed by atoms with Crippen molar-refractivity contribution in [2.24, 2.45) is 0 Å². The van der Waals surface area contributed by atoms with Gasteiger partial charge >= 0.3 is 0 Å². The first-order chi connectivity index (χ1) is 16.7. The van der Waals surface area contributed by atoms with E-state index in [2.05, 4.69) is 17.0 Å². The molecule has 0 saturated carbocycles. The number of hydrogen-bond donors (Lipinski definition) is 1. The number of halogens is 2. The van der Waals surface area contributed by atoms with Crippen LogP contribution in [0.3, 0.4) is 0 Å². The van der Waals surface area contributed by atoms with Crippen LogP contribution in [0.1, 0.15) is 30.4 Å². The Hall–Kier alpha value is -3.08. The highest BCUT2D eigenvalue weighted by Crippen LogP contribution is 2.34. The van der Waals surface area contributed by atoms with Crippen molar-refractivity contribution in [3.8, 4) is 22.6 Å². The van der Waals surface area contributed by atoms with Gasteiger partial charge in [-0.25, -0.2) is 4.39 Å². The molecule has 0 bridgehead atoms. The summed E-state index contributed by atoms with van der Waals surface area (Å²) in [5.74, 6) is 0.872. The lowest BCUT2D eigenvalue weighted by molar-refractivity contribution is 0.183. The SMILES string of the molecule is Cl.Oc1ccc2c(Cc3ccc(OCCN4CCCCC4)cc3)c(-c3cccc(F)c3)ccc2c1. The molecule has 1 saturated heterocycles. The van der Waals surface area contributed by atoms with Crippen LogP contribution < -0.4 is 4.74 Å². The van der Waals surface area contributed by atoms with Crippen LogP contribution in [0.25, 0.3) is 21.9 Å². The molecule has 35 heavy (non-hydrogen) atoms. The van der Waals surface area contributed by atoms with Gasteiger partial charge in [0.25, 0.3) is 0 Å². The Bertz CT molecular complexity index is 1270. The van der Waals surface area contributed by atoms with Gasteiger partial charge in [-0.2, -0.15) is 0 Å². The standard InChI is InChI=1S/C30H30FNO2.ClH/c31-25-6-4-5-23(20-25)28-13-9-24-21-26(33)10-14-29(24)30(28)19-22-7-11-27(12-8-22)34-18-17-32-15-2-1-3-16-32;/h4-14,20-21,33H,1-3,15-19H2;1H. The molecule has 0 spiro atoms. The topological polar surface area (TPSA) is 32.7 Å². The quantitative estimate of drug-likeness (QED) is 0.296. The molecular weight excluding hydrogens is 461 g/mol. The molecule has 0 atom stereocenters. The van der Waals surface area contributed by atoms with E-state index in [-0.39, 0.29) is 24.0 Å². The van der Waals surface area contributed by atoms with Gasteiger partial charge in [0.2, 0.25) is 0 Å². The Morgan fingerprint density at radius 1 is 0.857 bits per heavy atom. The zero-order valence-corrected chi connectivity index (χ0v) is 20.6. The molecule has 1 N–H and O–H groups in total. The zero-order chi connectivity index (χ0) is 23.3. The number of nitrogens with zero attached hydrogens (tertiary/aromatic N) is 1. The maximum Gasteiger partial charge on any atom is 0.123 e. The maximum atomic E-state index is 14.0. The number of aromatic hydroxyl groups is 1. The highest BCUT2D eigenvalue weighted by atomic mass is 35.5. The Morgan fingerprint density at radius 3 is 2.43 bits per heavy atom. The van der Waals surface area contributed by atoms with E-state index < -0.39 is 0 Å². The summed E-state index contributed by atoms with van der Waals surface area (Å²) >= 11 is 0. The lowest BCUT2D eigenvalue weighted by Gasteiger charge is -2.26. The molecule has 0 aliphatic carbocycles. The Labute approximate surface area is 212 Å². The fraction of sp³-hybridized carbons (Fsp3) is 0.267. The van der Waals surface area contributed by atoms with Crippen LogP contribution in [0.2, 0.25) is 0 Å². The first kappa shape index (κ1) is 25.0. The van der Waals surface area contributed by atoms with Crippen molar-refractivity contribution in [3.05, 3.63) is 95.8 Å². The monoisotopic (exact) mass is 491 g/mol. The molecule has 1 fully saturated rings. The van der Waals surface area contributed by atoms with Crippen LogP contribution in [0.5, 0.6) is 11.5 Å². The van der Waals surface area contributed by atoms with E-state index in [1.54, 1.807) is 24.3 Å². The summed E-state index contributed by atoms with van der Waals surface area (Å²) in [4.78, 5) is 2.48. The fourth-order valence-electron chi connectivity index (χ4n) is 4.88. The molecule has 1 heterocycles. The average molecular weight is 492 g/mol. The number of rotatable bonds is 7. The number of piperidine rings is 1. The minimum atomic E-state index is -0.250. The number of likely N-dealkylation sites (tertiary alicyclic amines) is 1. The summed E-state index contributed by atoms with van der Waals surface area (Å²) in [7, 11) is 0. The molecule has 0 aromatic heterocycles. The predicted octanol–water partition coefficient (Wildman–Crippen LogP) is 7.23. The number of fused-ring (bicyclic) bond motifs is 1. The first-order valence-corrected chi connectivity index (χ1v) is 12.1. The van der Waals surface area contributed by atoms with Gasteiger partial charge in [-0.15, -0.1) is 12.4 Å². The van der Waals surface area contributed by atoms with E-state index in [0.717, 1.165) is 45.3 Å². The molecule has 4 aromatic carbocycles. The van der Waals surface area contributed by atoms with Gasteiger partial charge in [-0.3, -0.25) is 4.90 Å². The van der Waals surface area contributed by atoms with Gasteiger partial charge in [0.05, 0.1) is 0 Å². The van der Waals surface area contributed by atoms with Crippen LogP contribution in [0, 0.1) is 5.82 Å². The van der Waals surface area contributed by atoms with Crippen molar-refractivity contribution in [2.45, 2.75) is 25.7 Å². The van der Waals surface area contributed by atoms with Gasteiger partial charge in [0.1, 0.15) is 23.9 Å². The van der Waals surface area contributed by atoms with E-state index in [1.807, 2.05) is 36.4 Å². The summed E-state index contributed by atoms with van der Waals surface area (Å²) in [5, 5.41) is 12.0. The number of phenolic OH excluding ortho intramolecular Hbond substituents is 1. The Balaban J connectivity index is 0.00000289. The summed E-state index contributed by atoms with van der Waals surface area (Å²) < 4.78 is 20.0.